The second-order valence-corrected chi connectivity index (χ2v) is 10.5. The summed E-state index contributed by atoms with van der Waals surface area (Å²) >= 11 is 0. The summed E-state index contributed by atoms with van der Waals surface area (Å²) in [6.07, 6.45) is 4.94. The van der Waals surface area contributed by atoms with E-state index >= 15 is 0 Å². The van der Waals surface area contributed by atoms with Crippen LogP contribution in [0.1, 0.15) is 43.7 Å². The van der Waals surface area contributed by atoms with Gasteiger partial charge >= 0.3 is 0 Å². The van der Waals surface area contributed by atoms with Gasteiger partial charge in [0, 0.05) is 17.8 Å². The van der Waals surface area contributed by atoms with Crippen molar-refractivity contribution in [3.63, 3.8) is 0 Å². The highest BCUT2D eigenvalue weighted by molar-refractivity contribution is 6.02. The summed E-state index contributed by atoms with van der Waals surface area (Å²) < 4.78 is 18.3. The summed E-state index contributed by atoms with van der Waals surface area (Å²) in [7, 11) is 1.45. The second kappa shape index (κ2) is 12.0. The van der Waals surface area contributed by atoms with Crippen molar-refractivity contribution >= 4 is 28.5 Å². The molecule has 1 aliphatic heterocycles. The first-order valence-electron chi connectivity index (χ1n) is 14.2. The van der Waals surface area contributed by atoms with Gasteiger partial charge in [0.25, 0.3) is 0 Å². The van der Waals surface area contributed by atoms with Crippen molar-refractivity contribution in [2.24, 2.45) is 0 Å². The van der Waals surface area contributed by atoms with E-state index in [-0.39, 0.29) is 30.0 Å². The topological polar surface area (TPSA) is 128 Å². The van der Waals surface area contributed by atoms with E-state index in [0.29, 0.717) is 47.0 Å². The monoisotopic (exact) mass is 571 g/mol. The number of phenols is 1. The zero-order valence-corrected chi connectivity index (χ0v) is 23.4. The third-order valence-electron chi connectivity index (χ3n) is 7.75. The summed E-state index contributed by atoms with van der Waals surface area (Å²) in [4.78, 5) is 30.0. The number of aromatic hydroxyl groups is 1. The average Bonchev–Trinajstić information content (AvgIpc) is 3.42. The van der Waals surface area contributed by atoms with E-state index in [2.05, 4.69) is 15.6 Å². The van der Waals surface area contributed by atoms with Gasteiger partial charge in [-0.25, -0.2) is 4.68 Å². The van der Waals surface area contributed by atoms with Crippen molar-refractivity contribution in [2.45, 2.75) is 50.7 Å². The third-order valence-corrected chi connectivity index (χ3v) is 7.75. The highest BCUT2D eigenvalue weighted by Crippen LogP contribution is 2.39. The molecule has 6 rings (SSSR count). The van der Waals surface area contributed by atoms with Crippen LogP contribution in [0, 0.1) is 0 Å². The molecule has 2 heterocycles. The normalized spacial score (nSPS) is 15.6. The number of rotatable bonds is 8. The second-order valence-electron chi connectivity index (χ2n) is 10.5. The van der Waals surface area contributed by atoms with E-state index in [9.17, 15) is 14.7 Å². The van der Waals surface area contributed by atoms with Crippen LogP contribution in [0.3, 0.4) is 0 Å². The largest absolute Gasteiger partial charge is 0.504 e. The molecule has 0 radical (unpaired) electrons. The number of fused-ring (bicyclic) bond motifs is 2. The molecule has 0 spiro atoms. The van der Waals surface area contributed by atoms with Crippen LogP contribution in [0.4, 0.5) is 5.69 Å². The molecule has 1 aliphatic carbocycles. The van der Waals surface area contributed by atoms with E-state index in [0.717, 1.165) is 32.1 Å². The maximum atomic E-state index is 14.3. The lowest BCUT2D eigenvalue weighted by Gasteiger charge is -2.34. The molecule has 2 amide bonds. The van der Waals surface area contributed by atoms with Crippen molar-refractivity contribution in [3.05, 3.63) is 66.2 Å². The number of carbonyl (C=O) groups is 2. The molecule has 42 heavy (non-hydrogen) atoms. The van der Waals surface area contributed by atoms with E-state index in [1.165, 1.54) is 22.8 Å². The molecule has 0 saturated heterocycles. The lowest BCUT2D eigenvalue weighted by atomic mass is 9.94. The van der Waals surface area contributed by atoms with Crippen LogP contribution in [0.2, 0.25) is 0 Å². The fourth-order valence-electron chi connectivity index (χ4n) is 5.68. The minimum atomic E-state index is -1.12. The van der Waals surface area contributed by atoms with Crippen LogP contribution in [0.15, 0.2) is 60.7 Å². The maximum absolute atomic E-state index is 14.3. The van der Waals surface area contributed by atoms with E-state index in [4.69, 9.17) is 14.2 Å². The molecule has 2 aliphatic rings. The quantitative estimate of drug-likeness (QED) is 0.323. The third kappa shape index (κ3) is 5.54. The summed E-state index contributed by atoms with van der Waals surface area (Å²) in [5, 5.41) is 22.3. The SMILES string of the molecule is COc1ccc(C(C(=O)NC2CCCCC2)N(C(=O)Cn2nnc3ccccc32)c2ccc3c(c2)OCCO3)cc1O. The maximum Gasteiger partial charge on any atom is 0.249 e. The van der Waals surface area contributed by atoms with Gasteiger partial charge in [0.1, 0.15) is 31.3 Å². The van der Waals surface area contributed by atoms with Gasteiger partial charge in [0.2, 0.25) is 11.8 Å². The van der Waals surface area contributed by atoms with Crippen molar-refractivity contribution in [3.8, 4) is 23.0 Å². The van der Waals surface area contributed by atoms with Gasteiger partial charge in [-0.3, -0.25) is 14.5 Å². The number of amides is 2. The molecule has 0 bridgehead atoms. The molecule has 1 aromatic heterocycles. The summed E-state index contributed by atoms with van der Waals surface area (Å²) in [6, 6.07) is 16.2. The molecule has 1 saturated carbocycles. The Balaban J connectivity index is 1.45. The summed E-state index contributed by atoms with van der Waals surface area (Å²) in [5.74, 6) is 0.412. The molecule has 11 heteroatoms. The Hall–Kier alpha value is -4.80. The van der Waals surface area contributed by atoms with Crippen LogP contribution in [-0.4, -0.2) is 58.3 Å². The number of carbonyl (C=O) groups excluding carboxylic acids is 2. The Labute approximate surface area is 243 Å². The van der Waals surface area contributed by atoms with Gasteiger partial charge in [-0.15, -0.1) is 5.10 Å². The Morgan fingerprint density at radius 3 is 2.62 bits per heavy atom. The molecular weight excluding hydrogens is 538 g/mol. The highest BCUT2D eigenvalue weighted by Gasteiger charge is 2.35. The molecule has 3 aromatic carbocycles. The Bertz CT molecular complexity index is 1600. The van der Waals surface area contributed by atoms with Crippen molar-refractivity contribution in [2.75, 3.05) is 25.2 Å². The van der Waals surface area contributed by atoms with Crippen molar-refractivity contribution in [1.82, 2.24) is 20.3 Å². The molecule has 1 fully saturated rings. The van der Waals surface area contributed by atoms with Crippen LogP contribution in [0.25, 0.3) is 11.0 Å². The van der Waals surface area contributed by atoms with Gasteiger partial charge in [0.15, 0.2) is 23.0 Å². The minimum absolute atomic E-state index is 0.00271. The average molecular weight is 572 g/mol. The number of ether oxygens (including phenoxy) is 3. The van der Waals surface area contributed by atoms with Crippen LogP contribution in [-0.2, 0) is 16.1 Å². The number of hydrogen-bond donors (Lipinski definition) is 2. The number of phenolic OH excluding ortho intramolecular Hbond substituents is 1. The van der Waals surface area contributed by atoms with Crippen LogP contribution < -0.4 is 24.4 Å². The van der Waals surface area contributed by atoms with E-state index < -0.39 is 11.9 Å². The number of hydrogen-bond acceptors (Lipinski definition) is 8. The van der Waals surface area contributed by atoms with Gasteiger partial charge in [0.05, 0.1) is 12.6 Å². The molecule has 218 valence electrons. The van der Waals surface area contributed by atoms with E-state index in [1.807, 2.05) is 24.3 Å². The van der Waals surface area contributed by atoms with Crippen molar-refractivity contribution in [1.29, 1.82) is 0 Å². The number of benzene rings is 3. The van der Waals surface area contributed by atoms with Crippen LogP contribution >= 0.6 is 0 Å². The fraction of sp³-hybridized carbons (Fsp3) is 0.355. The number of aromatic nitrogens is 3. The minimum Gasteiger partial charge on any atom is -0.504 e. The number of para-hydroxylation sites is 1. The van der Waals surface area contributed by atoms with Crippen molar-refractivity contribution < 1.29 is 28.9 Å². The molecular formula is C31H33N5O6. The number of anilines is 1. The number of nitrogens with one attached hydrogen (secondary N) is 1. The number of nitrogens with zero attached hydrogens (tertiary/aromatic N) is 4. The molecule has 2 N–H and O–H groups in total. The van der Waals surface area contributed by atoms with Gasteiger partial charge in [-0.1, -0.05) is 42.7 Å². The molecule has 11 nitrogen and oxygen atoms in total. The highest BCUT2D eigenvalue weighted by atomic mass is 16.6. The molecule has 1 atom stereocenters. The predicted molar refractivity (Wildman–Crippen MR) is 155 cm³/mol. The fourth-order valence-corrected chi connectivity index (χ4v) is 5.68. The van der Waals surface area contributed by atoms with Gasteiger partial charge < -0.3 is 24.6 Å². The number of methoxy groups -OCH3 is 1. The zero-order valence-electron chi connectivity index (χ0n) is 23.4. The summed E-state index contributed by atoms with van der Waals surface area (Å²) in [6.45, 7) is 0.615. The Kier molecular flexibility index (Phi) is 7.81. The van der Waals surface area contributed by atoms with E-state index in [1.54, 1.807) is 30.3 Å². The Morgan fingerprint density at radius 1 is 1.05 bits per heavy atom. The van der Waals surface area contributed by atoms with Gasteiger partial charge in [-0.05, 0) is 54.8 Å². The first-order valence-corrected chi connectivity index (χ1v) is 14.2. The lowest BCUT2D eigenvalue weighted by Crippen LogP contribution is -2.48. The van der Waals surface area contributed by atoms with Crippen LogP contribution in [0.5, 0.6) is 23.0 Å². The standard InChI is InChI=1S/C31H33N5O6/c1-40-26-13-11-20(17-25(26)37)30(31(39)32-21-7-3-2-4-8-21)36(22-12-14-27-28(18-22)42-16-15-41-27)29(38)19-35-24-10-6-5-9-23(24)33-34-35/h5-6,9-14,17-18,21,30,37H,2-4,7-8,15-16,19H2,1H3,(H,32,39). The molecule has 1 unspecified atom stereocenters. The summed E-state index contributed by atoms with van der Waals surface area (Å²) in [5.41, 5.74) is 2.21. The predicted octanol–water partition coefficient (Wildman–Crippen LogP) is 4.14. The first kappa shape index (κ1) is 27.4. The molecule has 4 aromatic rings. The lowest BCUT2D eigenvalue weighted by molar-refractivity contribution is -0.127. The smallest absolute Gasteiger partial charge is 0.249 e. The first-order chi connectivity index (χ1) is 20.5. The van der Waals surface area contributed by atoms with Gasteiger partial charge in [-0.2, -0.15) is 0 Å². The zero-order chi connectivity index (χ0) is 29.1. The Morgan fingerprint density at radius 2 is 1.83 bits per heavy atom.